The summed E-state index contributed by atoms with van der Waals surface area (Å²) >= 11 is 0. The first-order valence-electron chi connectivity index (χ1n) is 4.57. The number of rotatable bonds is 3. The molecule has 0 bridgehead atoms. The lowest BCUT2D eigenvalue weighted by Crippen LogP contribution is -2.24. The normalized spacial score (nSPS) is 9.14. The Balaban J connectivity index is 2.84. The van der Waals surface area contributed by atoms with Crippen LogP contribution in [-0.2, 0) is 4.79 Å². The van der Waals surface area contributed by atoms with Crippen LogP contribution in [0, 0.1) is 11.5 Å². The molecule has 0 N–H and O–H groups in total. The van der Waals surface area contributed by atoms with E-state index in [1.165, 1.54) is 0 Å². The molecule has 1 rings (SSSR count). The lowest BCUT2D eigenvalue weighted by molar-refractivity contribution is -0.117. The summed E-state index contributed by atoms with van der Waals surface area (Å²) in [7, 11) is 0. The van der Waals surface area contributed by atoms with Gasteiger partial charge < -0.3 is 0 Å². The number of nitriles is 1. The average molecular weight is 188 g/mol. The van der Waals surface area contributed by atoms with Crippen molar-refractivity contribution in [3.63, 3.8) is 0 Å². The summed E-state index contributed by atoms with van der Waals surface area (Å²) in [5.41, 5.74) is 0.633. The molecule has 3 nitrogen and oxygen atoms in total. The molecule has 0 aliphatic rings. The van der Waals surface area contributed by atoms with Crippen LogP contribution in [-0.4, -0.2) is 5.91 Å². The third-order valence-electron chi connectivity index (χ3n) is 1.83. The van der Waals surface area contributed by atoms with Crippen LogP contribution in [0.3, 0.4) is 0 Å². The molecule has 1 amide bonds. The zero-order valence-corrected chi connectivity index (χ0v) is 8.10. The van der Waals surface area contributed by atoms with Gasteiger partial charge in [-0.2, -0.15) is 5.26 Å². The molecule has 1 aromatic carbocycles. The molecule has 0 heterocycles. The van der Waals surface area contributed by atoms with Gasteiger partial charge in [0.05, 0.1) is 5.69 Å². The van der Waals surface area contributed by atoms with Crippen molar-refractivity contribution in [3.8, 4) is 6.19 Å². The van der Waals surface area contributed by atoms with Crippen molar-refractivity contribution in [2.75, 3.05) is 4.90 Å². The average Bonchev–Trinajstić information content (AvgIpc) is 2.21. The molecule has 0 spiro atoms. The molecule has 0 fully saturated rings. The number of benzene rings is 1. The SMILES string of the molecule is CCCC(=O)N(C#N)c1ccccc1. The van der Waals surface area contributed by atoms with Gasteiger partial charge >= 0.3 is 0 Å². The van der Waals surface area contributed by atoms with Crippen molar-refractivity contribution >= 4 is 11.6 Å². The molecule has 0 aliphatic carbocycles. The summed E-state index contributed by atoms with van der Waals surface area (Å²) in [5.74, 6) is -0.152. The maximum atomic E-state index is 11.5. The number of hydrogen-bond donors (Lipinski definition) is 0. The summed E-state index contributed by atoms with van der Waals surface area (Å²) in [5, 5.41) is 8.83. The van der Waals surface area contributed by atoms with Crippen LogP contribution >= 0.6 is 0 Å². The molecule has 0 saturated carbocycles. The summed E-state index contributed by atoms with van der Waals surface area (Å²) in [6.45, 7) is 1.92. The fourth-order valence-corrected chi connectivity index (χ4v) is 1.16. The second-order valence-corrected chi connectivity index (χ2v) is 2.91. The Morgan fingerprint density at radius 1 is 1.43 bits per heavy atom. The predicted octanol–water partition coefficient (Wildman–Crippen LogP) is 2.30. The van der Waals surface area contributed by atoms with Crippen molar-refractivity contribution in [3.05, 3.63) is 30.3 Å². The number of carbonyl (C=O) groups excluding carboxylic acids is 1. The largest absolute Gasteiger partial charge is 0.273 e. The smallest absolute Gasteiger partial charge is 0.240 e. The second-order valence-electron chi connectivity index (χ2n) is 2.91. The van der Waals surface area contributed by atoms with E-state index in [0.29, 0.717) is 12.1 Å². The summed E-state index contributed by atoms with van der Waals surface area (Å²) in [6.07, 6.45) is 3.05. The fourth-order valence-electron chi connectivity index (χ4n) is 1.16. The van der Waals surface area contributed by atoms with Gasteiger partial charge in [-0.05, 0) is 18.6 Å². The van der Waals surface area contributed by atoms with Crippen molar-refractivity contribution < 1.29 is 4.79 Å². The highest BCUT2D eigenvalue weighted by Gasteiger charge is 2.12. The second kappa shape index (κ2) is 5.03. The first kappa shape index (κ1) is 10.3. The molecule has 0 saturated heterocycles. The minimum atomic E-state index is -0.152. The van der Waals surface area contributed by atoms with Crippen molar-refractivity contribution in [2.24, 2.45) is 0 Å². The van der Waals surface area contributed by atoms with E-state index in [-0.39, 0.29) is 5.91 Å². The molecule has 0 atom stereocenters. The van der Waals surface area contributed by atoms with Crippen LogP contribution < -0.4 is 4.90 Å². The third kappa shape index (κ3) is 2.33. The molecule has 72 valence electrons. The minimum absolute atomic E-state index is 0.152. The van der Waals surface area contributed by atoms with Gasteiger partial charge in [-0.3, -0.25) is 4.79 Å². The number of anilines is 1. The zero-order chi connectivity index (χ0) is 10.4. The number of amides is 1. The summed E-state index contributed by atoms with van der Waals surface area (Å²) in [4.78, 5) is 12.6. The Morgan fingerprint density at radius 2 is 2.07 bits per heavy atom. The number of nitrogens with zero attached hydrogens (tertiary/aromatic N) is 2. The predicted molar refractivity (Wildman–Crippen MR) is 54.4 cm³/mol. The van der Waals surface area contributed by atoms with Gasteiger partial charge in [-0.15, -0.1) is 0 Å². The van der Waals surface area contributed by atoms with Gasteiger partial charge in [-0.25, -0.2) is 4.90 Å². The standard InChI is InChI=1S/C11H12N2O/c1-2-6-11(14)13(9-12)10-7-4-3-5-8-10/h3-5,7-8H,2,6H2,1H3. The lowest BCUT2D eigenvalue weighted by Gasteiger charge is -2.12. The van der Waals surface area contributed by atoms with Gasteiger partial charge in [0, 0.05) is 6.42 Å². The van der Waals surface area contributed by atoms with Gasteiger partial charge in [-0.1, -0.05) is 25.1 Å². The number of carbonyl (C=O) groups is 1. The van der Waals surface area contributed by atoms with E-state index in [4.69, 9.17) is 5.26 Å². The van der Waals surface area contributed by atoms with E-state index in [1.54, 1.807) is 24.3 Å². The van der Waals surface area contributed by atoms with Gasteiger partial charge in [0.1, 0.15) is 0 Å². The van der Waals surface area contributed by atoms with Crippen LogP contribution in [0.1, 0.15) is 19.8 Å². The van der Waals surface area contributed by atoms with Gasteiger partial charge in [0.2, 0.25) is 5.91 Å². The van der Waals surface area contributed by atoms with Crippen molar-refractivity contribution in [1.82, 2.24) is 0 Å². The molecule has 1 aromatic rings. The Bertz CT molecular complexity index is 340. The lowest BCUT2D eigenvalue weighted by atomic mass is 10.2. The zero-order valence-electron chi connectivity index (χ0n) is 8.10. The van der Waals surface area contributed by atoms with Gasteiger partial charge in [0.25, 0.3) is 0 Å². The fraction of sp³-hybridized carbons (Fsp3) is 0.273. The van der Waals surface area contributed by atoms with E-state index in [0.717, 1.165) is 11.3 Å². The quantitative estimate of drug-likeness (QED) is 0.539. The van der Waals surface area contributed by atoms with Crippen LogP contribution in [0.5, 0.6) is 0 Å². The monoisotopic (exact) mass is 188 g/mol. The minimum Gasteiger partial charge on any atom is -0.273 e. The maximum absolute atomic E-state index is 11.5. The topological polar surface area (TPSA) is 44.1 Å². The van der Waals surface area contributed by atoms with E-state index < -0.39 is 0 Å². The number of hydrogen-bond acceptors (Lipinski definition) is 2. The summed E-state index contributed by atoms with van der Waals surface area (Å²) < 4.78 is 0. The summed E-state index contributed by atoms with van der Waals surface area (Å²) in [6, 6.07) is 8.95. The Labute approximate surface area is 83.6 Å². The van der Waals surface area contributed by atoms with E-state index in [1.807, 2.05) is 19.2 Å². The highest BCUT2D eigenvalue weighted by atomic mass is 16.2. The van der Waals surface area contributed by atoms with Crippen LogP contribution in [0.4, 0.5) is 5.69 Å². The highest BCUT2D eigenvalue weighted by Crippen LogP contribution is 2.13. The molecule has 0 aromatic heterocycles. The molecule has 0 aliphatic heterocycles. The van der Waals surface area contributed by atoms with E-state index in [2.05, 4.69) is 0 Å². The number of para-hydroxylation sites is 1. The Kier molecular flexibility index (Phi) is 3.69. The van der Waals surface area contributed by atoms with Crippen molar-refractivity contribution in [2.45, 2.75) is 19.8 Å². The molecular weight excluding hydrogens is 176 g/mol. The maximum Gasteiger partial charge on any atom is 0.240 e. The van der Waals surface area contributed by atoms with E-state index >= 15 is 0 Å². The van der Waals surface area contributed by atoms with Crippen LogP contribution in [0.25, 0.3) is 0 Å². The van der Waals surface area contributed by atoms with Gasteiger partial charge in [0.15, 0.2) is 6.19 Å². The van der Waals surface area contributed by atoms with Crippen LogP contribution in [0.2, 0.25) is 0 Å². The molecule has 3 heteroatoms. The van der Waals surface area contributed by atoms with E-state index in [9.17, 15) is 4.79 Å². The highest BCUT2D eigenvalue weighted by molar-refractivity contribution is 5.95. The Hall–Kier alpha value is -1.82. The first-order chi connectivity index (χ1) is 6.79. The van der Waals surface area contributed by atoms with Crippen molar-refractivity contribution in [1.29, 1.82) is 5.26 Å². The molecule has 0 radical (unpaired) electrons. The third-order valence-corrected chi connectivity index (χ3v) is 1.83. The Morgan fingerprint density at radius 3 is 2.57 bits per heavy atom. The molecule has 14 heavy (non-hydrogen) atoms. The molecule has 0 unspecified atom stereocenters. The van der Waals surface area contributed by atoms with Crippen LogP contribution in [0.15, 0.2) is 30.3 Å². The molecular formula is C11H12N2O. The first-order valence-corrected chi connectivity index (χ1v) is 4.57.